The van der Waals surface area contributed by atoms with Crippen molar-refractivity contribution in [2.75, 3.05) is 90.2 Å². The Morgan fingerprint density at radius 1 is 0.507 bits per heavy atom. The first-order chi connectivity index (χ1) is 32.8. The van der Waals surface area contributed by atoms with E-state index in [1.165, 1.54) is 142 Å². The monoisotopic (exact) mass is 991 g/mol. The molecule has 0 heterocycles. The molecule has 0 aromatic heterocycles. The average molecular weight is 992 g/mol. The van der Waals surface area contributed by atoms with Gasteiger partial charge in [0.2, 0.25) is 0 Å². The van der Waals surface area contributed by atoms with Gasteiger partial charge < -0.3 is 25.0 Å². The van der Waals surface area contributed by atoms with Crippen LogP contribution in [0.15, 0.2) is 24.3 Å². The summed E-state index contributed by atoms with van der Waals surface area (Å²) in [6.45, 7) is 24.4. The van der Waals surface area contributed by atoms with Gasteiger partial charge in [-0.05, 0) is 90.4 Å². The van der Waals surface area contributed by atoms with E-state index in [0.29, 0.717) is 25.2 Å². The molecule has 0 aliphatic heterocycles. The van der Waals surface area contributed by atoms with E-state index in [0.717, 1.165) is 89.8 Å². The number of hydrogen-bond acceptors (Lipinski definition) is 12. The predicted molar refractivity (Wildman–Crippen MR) is 299 cm³/mol. The number of nitrogens with two attached hydrogens (primary N) is 1. The second-order valence-electron chi connectivity index (χ2n) is 17.9. The smallest absolute Gasteiger partial charge is 0.306 e. The van der Waals surface area contributed by atoms with Crippen LogP contribution in [0, 0.1) is 0 Å². The SMILES string of the molecule is CCCCCCCC/C=C\CCCCCCCC(=O)OCC(CN)OC(=O)CCCCCCC/C=C\CCCCCCCC.CCN(CC)CCN(CCS)CCN(CC)CC.OOCCS.[HH]. The summed E-state index contributed by atoms with van der Waals surface area (Å²) in [7, 11) is 0. The van der Waals surface area contributed by atoms with Crippen molar-refractivity contribution in [1.82, 2.24) is 14.7 Å². The van der Waals surface area contributed by atoms with Crippen LogP contribution in [0.4, 0.5) is 0 Å². The van der Waals surface area contributed by atoms with Crippen LogP contribution >= 0.6 is 25.3 Å². The lowest BCUT2D eigenvalue weighted by Crippen LogP contribution is -2.40. The first-order valence-electron chi connectivity index (χ1n) is 27.8. The number of hydrogen-bond donors (Lipinski definition) is 4. The van der Waals surface area contributed by atoms with Crippen LogP contribution in [-0.4, -0.2) is 128 Å². The fraction of sp³-hybridized carbons (Fsp3) is 0.891. The van der Waals surface area contributed by atoms with Crippen molar-refractivity contribution in [1.29, 1.82) is 0 Å². The summed E-state index contributed by atoms with van der Waals surface area (Å²) in [5.74, 6) is 1.05. The highest BCUT2D eigenvalue weighted by molar-refractivity contribution is 7.80. The third-order valence-corrected chi connectivity index (χ3v) is 12.5. The molecule has 67 heavy (non-hydrogen) atoms. The standard InChI is InChI=1S/C39H73NO4.C14H33N3S.C2H6O2S.H2/c1-3-5-7-9-11-13-15-17-19-21-23-25-27-29-31-33-38(41)43-36-37(35-40)44-39(42)34-32-30-28-26-24-22-20-18-16-14-12-10-8-6-4-2;1-5-15(6-2)9-11-17(13-14-18)12-10-16(7-3)8-4;3-4-1-2-5;/h17-20,37H,3-16,21-36,40H2,1-2H3;18H,5-14H2,1-4H3;3,5H,1-2H2;1H/b19-17-,20-18-;;;. The number of ether oxygens (including phenoxy) is 2. The molecule has 0 aromatic rings. The molecule has 0 saturated heterocycles. The lowest BCUT2D eigenvalue weighted by atomic mass is 10.1. The summed E-state index contributed by atoms with van der Waals surface area (Å²) >= 11 is 8.09. The third-order valence-electron chi connectivity index (χ3n) is 12.1. The Balaban J connectivity index is -0.000000702. The molecule has 12 heteroatoms. The Labute approximate surface area is 428 Å². The van der Waals surface area contributed by atoms with Crippen molar-refractivity contribution < 1.29 is 30.6 Å². The van der Waals surface area contributed by atoms with Gasteiger partial charge in [-0.15, -0.1) is 0 Å². The lowest BCUT2D eigenvalue weighted by molar-refractivity contribution is -0.236. The fourth-order valence-corrected chi connectivity index (χ4v) is 7.86. The van der Waals surface area contributed by atoms with E-state index in [1.54, 1.807) is 0 Å². The molecule has 402 valence electrons. The number of esters is 2. The Hall–Kier alpha value is -1.12. The van der Waals surface area contributed by atoms with Crippen molar-refractivity contribution in [2.45, 2.75) is 227 Å². The first kappa shape index (κ1) is 70.1. The van der Waals surface area contributed by atoms with Crippen LogP contribution < -0.4 is 5.73 Å². The molecule has 0 spiro atoms. The molecule has 0 aliphatic carbocycles. The number of likely N-dealkylation sites (N-methyl/N-ethyl adjacent to an activating group) is 2. The zero-order chi connectivity index (χ0) is 50.1. The van der Waals surface area contributed by atoms with Gasteiger partial charge in [0, 0.05) is 65.0 Å². The number of rotatable bonds is 48. The maximum Gasteiger partial charge on any atom is 0.306 e. The van der Waals surface area contributed by atoms with Gasteiger partial charge in [0.1, 0.15) is 12.7 Å². The molecule has 1 unspecified atom stereocenters. The summed E-state index contributed by atoms with van der Waals surface area (Å²) in [6, 6.07) is 0. The van der Waals surface area contributed by atoms with Gasteiger partial charge >= 0.3 is 11.9 Å². The molecule has 0 saturated carbocycles. The van der Waals surface area contributed by atoms with Gasteiger partial charge in [0.05, 0.1) is 6.61 Å². The molecular formula is C55H114N4O6S2. The Morgan fingerprint density at radius 3 is 1.19 bits per heavy atom. The summed E-state index contributed by atoms with van der Waals surface area (Å²) in [4.78, 5) is 35.4. The highest BCUT2D eigenvalue weighted by Crippen LogP contribution is 2.13. The molecule has 0 radical (unpaired) electrons. The fourth-order valence-electron chi connectivity index (χ4n) is 7.50. The van der Waals surface area contributed by atoms with Crippen LogP contribution in [-0.2, 0) is 24.0 Å². The summed E-state index contributed by atoms with van der Waals surface area (Å²) in [5, 5.41) is 7.52. The van der Waals surface area contributed by atoms with Crippen LogP contribution in [0.5, 0.6) is 0 Å². The molecule has 0 amide bonds. The van der Waals surface area contributed by atoms with Gasteiger partial charge in [0.25, 0.3) is 0 Å². The lowest BCUT2D eigenvalue weighted by Gasteiger charge is -2.28. The predicted octanol–water partition coefficient (Wildman–Crippen LogP) is 14.0. The molecule has 0 aromatic carbocycles. The van der Waals surface area contributed by atoms with Crippen LogP contribution in [0.3, 0.4) is 0 Å². The topological polar surface area (TPSA) is 118 Å². The molecule has 0 bridgehead atoms. The van der Waals surface area contributed by atoms with Crippen LogP contribution in [0.2, 0.25) is 0 Å². The molecular weight excluding hydrogens is 877 g/mol. The van der Waals surface area contributed by atoms with Crippen molar-refractivity contribution in [3.8, 4) is 0 Å². The Morgan fingerprint density at radius 2 is 0.866 bits per heavy atom. The van der Waals surface area contributed by atoms with E-state index in [-0.39, 0.29) is 26.5 Å². The van der Waals surface area contributed by atoms with Crippen molar-refractivity contribution in [3.05, 3.63) is 24.3 Å². The number of nitrogens with zero attached hydrogens (tertiary/aromatic N) is 3. The van der Waals surface area contributed by atoms with Crippen LogP contribution in [0.25, 0.3) is 0 Å². The molecule has 1 atom stereocenters. The van der Waals surface area contributed by atoms with E-state index >= 15 is 0 Å². The summed E-state index contributed by atoms with van der Waals surface area (Å²) in [6.07, 6.45) is 41.6. The normalized spacial score (nSPS) is 12.0. The van der Waals surface area contributed by atoms with Crippen molar-refractivity contribution in [2.24, 2.45) is 5.73 Å². The maximum absolute atomic E-state index is 12.2. The van der Waals surface area contributed by atoms with Gasteiger partial charge in [0.15, 0.2) is 0 Å². The van der Waals surface area contributed by atoms with E-state index in [9.17, 15) is 9.59 Å². The van der Waals surface area contributed by atoms with Gasteiger partial charge in [-0.3, -0.25) is 19.7 Å². The van der Waals surface area contributed by atoms with Gasteiger partial charge in [-0.1, -0.05) is 169 Å². The second-order valence-corrected chi connectivity index (χ2v) is 18.8. The maximum atomic E-state index is 12.2. The molecule has 10 nitrogen and oxygen atoms in total. The quantitative estimate of drug-likeness (QED) is 0.0117. The second kappa shape index (κ2) is 61.0. The molecule has 3 N–H and O–H groups in total. The van der Waals surface area contributed by atoms with Crippen LogP contribution in [0.1, 0.15) is 223 Å². The average Bonchev–Trinajstić information content (AvgIpc) is 3.34. The number of carbonyl (C=O) groups excluding carboxylic acids is 2. The summed E-state index contributed by atoms with van der Waals surface area (Å²) in [5.41, 5.74) is 5.75. The van der Waals surface area contributed by atoms with Gasteiger partial charge in [-0.2, -0.15) is 25.3 Å². The summed E-state index contributed by atoms with van der Waals surface area (Å²) < 4.78 is 10.8. The zero-order valence-corrected chi connectivity index (χ0v) is 46.7. The number of allylic oxidation sites excluding steroid dienone is 4. The van der Waals surface area contributed by atoms with Gasteiger partial charge in [-0.25, -0.2) is 4.89 Å². The Kier molecular flexibility index (Phi) is 63.9. The molecule has 0 aliphatic rings. The van der Waals surface area contributed by atoms with E-state index < -0.39 is 6.10 Å². The molecule has 0 fully saturated rings. The van der Waals surface area contributed by atoms with E-state index in [2.05, 4.69) is 111 Å². The van der Waals surface area contributed by atoms with E-state index in [4.69, 9.17) is 20.5 Å². The third kappa shape index (κ3) is 57.4. The minimum atomic E-state index is -0.552. The number of carbonyl (C=O) groups is 2. The van der Waals surface area contributed by atoms with Crippen molar-refractivity contribution in [3.63, 3.8) is 0 Å². The van der Waals surface area contributed by atoms with E-state index in [1.807, 2.05) is 0 Å². The zero-order valence-electron chi connectivity index (χ0n) is 44.9. The largest absolute Gasteiger partial charge is 0.462 e. The highest BCUT2D eigenvalue weighted by Gasteiger charge is 2.15. The minimum Gasteiger partial charge on any atom is -0.462 e. The Bertz CT molecular complexity index is 1020. The number of unbranched alkanes of at least 4 members (excludes halogenated alkanes) is 22. The number of thiol groups is 2. The first-order valence-corrected chi connectivity index (χ1v) is 29.0. The molecule has 0 rings (SSSR count). The minimum absolute atomic E-state index is 0. The van der Waals surface area contributed by atoms with Crippen molar-refractivity contribution >= 4 is 37.2 Å². The highest BCUT2D eigenvalue weighted by atomic mass is 32.1.